The van der Waals surface area contributed by atoms with E-state index < -0.39 is 0 Å². The fourth-order valence-electron chi connectivity index (χ4n) is 3.16. The van der Waals surface area contributed by atoms with E-state index in [1.54, 1.807) is 0 Å². The molecule has 1 unspecified atom stereocenters. The molecule has 0 saturated heterocycles. The summed E-state index contributed by atoms with van der Waals surface area (Å²) in [5, 5.41) is 0. The van der Waals surface area contributed by atoms with Crippen LogP contribution in [-0.2, 0) is 0 Å². The average molecular weight is 240 g/mol. The Bertz CT molecular complexity index is 207. The summed E-state index contributed by atoms with van der Waals surface area (Å²) in [5.41, 5.74) is 6.40. The van der Waals surface area contributed by atoms with E-state index >= 15 is 0 Å². The topological polar surface area (TPSA) is 29.3 Å². The maximum atomic E-state index is 6.10. The summed E-state index contributed by atoms with van der Waals surface area (Å²) in [6.07, 6.45) is 7.96. The van der Waals surface area contributed by atoms with Gasteiger partial charge in [-0.3, -0.25) is 4.90 Å². The van der Waals surface area contributed by atoms with Crippen LogP contribution >= 0.6 is 0 Å². The fourth-order valence-corrected chi connectivity index (χ4v) is 3.16. The summed E-state index contributed by atoms with van der Waals surface area (Å²) < 4.78 is 0. The van der Waals surface area contributed by atoms with Gasteiger partial charge >= 0.3 is 0 Å². The Morgan fingerprint density at radius 3 is 2.29 bits per heavy atom. The van der Waals surface area contributed by atoms with Crippen molar-refractivity contribution in [3.05, 3.63) is 0 Å². The number of rotatable bonds is 6. The zero-order valence-electron chi connectivity index (χ0n) is 12.3. The Balaban J connectivity index is 2.57. The van der Waals surface area contributed by atoms with Crippen molar-refractivity contribution >= 4 is 0 Å². The predicted octanol–water partition coefficient (Wildman–Crippen LogP) is 3.26. The van der Waals surface area contributed by atoms with Crippen molar-refractivity contribution in [1.82, 2.24) is 4.90 Å². The van der Waals surface area contributed by atoms with Crippen molar-refractivity contribution < 1.29 is 0 Å². The maximum absolute atomic E-state index is 6.10. The monoisotopic (exact) mass is 240 g/mol. The van der Waals surface area contributed by atoms with Crippen LogP contribution in [0, 0.1) is 11.8 Å². The summed E-state index contributed by atoms with van der Waals surface area (Å²) >= 11 is 0. The highest BCUT2D eigenvalue weighted by molar-refractivity contribution is 4.94. The molecule has 2 nitrogen and oxygen atoms in total. The van der Waals surface area contributed by atoms with Crippen molar-refractivity contribution in [2.75, 3.05) is 20.1 Å². The van der Waals surface area contributed by atoms with E-state index in [-0.39, 0.29) is 0 Å². The van der Waals surface area contributed by atoms with Crippen molar-refractivity contribution in [2.45, 2.75) is 64.8 Å². The molecule has 1 aliphatic carbocycles. The van der Waals surface area contributed by atoms with E-state index in [4.69, 9.17) is 5.73 Å². The summed E-state index contributed by atoms with van der Waals surface area (Å²) in [5.74, 6) is 1.74. The molecule has 1 atom stereocenters. The second kappa shape index (κ2) is 6.75. The lowest BCUT2D eigenvalue weighted by atomic mass is 9.74. The van der Waals surface area contributed by atoms with Crippen molar-refractivity contribution in [1.29, 1.82) is 0 Å². The zero-order valence-corrected chi connectivity index (χ0v) is 12.3. The van der Waals surface area contributed by atoms with E-state index in [2.05, 4.69) is 32.7 Å². The molecule has 0 aromatic rings. The molecule has 17 heavy (non-hydrogen) atoms. The zero-order chi connectivity index (χ0) is 12.9. The minimum atomic E-state index is 0.301. The third-order valence-electron chi connectivity index (χ3n) is 5.09. The number of likely N-dealkylation sites (N-methyl/N-ethyl adjacent to an activating group) is 1. The van der Waals surface area contributed by atoms with Crippen molar-refractivity contribution in [2.24, 2.45) is 17.6 Å². The van der Waals surface area contributed by atoms with E-state index in [1.807, 2.05) is 0 Å². The smallest absolute Gasteiger partial charge is 0.0329 e. The van der Waals surface area contributed by atoms with Gasteiger partial charge in [-0.25, -0.2) is 0 Å². The fraction of sp³-hybridized carbons (Fsp3) is 1.00. The lowest BCUT2D eigenvalue weighted by molar-refractivity contribution is 0.0528. The normalized spacial score (nSPS) is 31.8. The third kappa shape index (κ3) is 3.69. The van der Waals surface area contributed by atoms with Crippen LogP contribution in [0.2, 0.25) is 0 Å². The van der Waals surface area contributed by atoms with E-state index in [0.717, 1.165) is 18.4 Å². The highest BCUT2D eigenvalue weighted by Gasteiger charge is 2.37. The lowest BCUT2D eigenvalue weighted by Crippen LogP contribution is -2.55. The molecule has 0 spiro atoms. The first-order valence-electron chi connectivity index (χ1n) is 7.49. The summed E-state index contributed by atoms with van der Waals surface area (Å²) in [6, 6.07) is 0. The molecule has 1 saturated carbocycles. The van der Waals surface area contributed by atoms with Crippen LogP contribution in [0.1, 0.15) is 59.3 Å². The van der Waals surface area contributed by atoms with Crippen LogP contribution in [0.15, 0.2) is 0 Å². The standard InChI is InChI=1S/C15H32N2/c1-5-13(3)11-17(4)15(12-16)9-7-14(6-2)8-10-15/h13-14H,5-12,16H2,1-4H3. The lowest BCUT2D eigenvalue weighted by Gasteiger charge is -2.46. The Morgan fingerprint density at radius 2 is 1.88 bits per heavy atom. The molecule has 0 aromatic carbocycles. The Labute approximate surface area is 108 Å². The first kappa shape index (κ1) is 15.0. The molecular weight excluding hydrogens is 208 g/mol. The van der Waals surface area contributed by atoms with Gasteiger partial charge in [-0.1, -0.05) is 33.6 Å². The van der Waals surface area contributed by atoms with E-state index in [9.17, 15) is 0 Å². The van der Waals surface area contributed by atoms with Gasteiger partial charge in [0.2, 0.25) is 0 Å². The molecule has 0 aliphatic heterocycles. The van der Waals surface area contributed by atoms with Crippen LogP contribution in [0.25, 0.3) is 0 Å². The maximum Gasteiger partial charge on any atom is 0.0329 e. The van der Waals surface area contributed by atoms with Gasteiger partial charge in [-0.2, -0.15) is 0 Å². The van der Waals surface area contributed by atoms with Gasteiger partial charge in [0.15, 0.2) is 0 Å². The van der Waals surface area contributed by atoms with Crippen LogP contribution < -0.4 is 5.73 Å². The van der Waals surface area contributed by atoms with Crippen LogP contribution in [0.3, 0.4) is 0 Å². The number of nitrogens with zero attached hydrogens (tertiary/aromatic N) is 1. The number of nitrogens with two attached hydrogens (primary N) is 1. The summed E-state index contributed by atoms with van der Waals surface area (Å²) in [4.78, 5) is 2.56. The molecule has 0 bridgehead atoms. The van der Waals surface area contributed by atoms with Gasteiger partial charge < -0.3 is 5.73 Å². The van der Waals surface area contributed by atoms with Gasteiger partial charge in [0.25, 0.3) is 0 Å². The highest BCUT2D eigenvalue weighted by atomic mass is 15.2. The molecule has 2 N–H and O–H groups in total. The van der Waals surface area contributed by atoms with Gasteiger partial charge in [0.05, 0.1) is 0 Å². The van der Waals surface area contributed by atoms with E-state index in [1.165, 1.54) is 45.1 Å². The van der Waals surface area contributed by atoms with Crippen LogP contribution in [0.4, 0.5) is 0 Å². The molecule has 0 aromatic heterocycles. The second-order valence-corrected chi connectivity index (χ2v) is 6.17. The molecule has 1 fully saturated rings. The quantitative estimate of drug-likeness (QED) is 0.772. The summed E-state index contributed by atoms with van der Waals surface area (Å²) in [7, 11) is 2.28. The molecular formula is C15H32N2. The Hall–Kier alpha value is -0.0800. The van der Waals surface area contributed by atoms with Gasteiger partial charge in [-0.05, 0) is 44.6 Å². The highest BCUT2D eigenvalue weighted by Crippen LogP contribution is 2.36. The number of hydrogen-bond donors (Lipinski definition) is 1. The largest absolute Gasteiger partial charge is 0.329 e. The van der Waals surface area contributed by atoms with Crippen molar-refractivity contribution in [3.8, 4) is 0 Å². The van der Waals surface area contributed by atoms with Gasteiger partial charge in [0, 0.05) is 18.6 Å². The first-order chi connectivity index (χ1) is 8.07. The molecule has 2 heteroatoms. The molecule has 0 amide bonds. The molecule has 1 rings (SSSR count). The predicted molar refractivity (Wildman–Crippen MR) is 76.1 cm³/mol. The van der Waals surface area contributed by atoms with Crippen LogP contribution in [0.5, 0.6) is 0 Å². The molecule has 1 aliphatic rings. The second-order valence-electron chi connectivity index (χ2n) is 6.17. The van der Waals surface area contributed by atoms with Gasteiger partial charge in [0.1, 0.15) is 0 Å². The minimum Gasteiger partial charge on any atom is -0.329 e. The van der Waals surface area contributed by atoms with Crippen molar-refractivity contribution in [3.63, 3.8) is 0 Å². The average Bonchev–Trinajstić information content (AvgIpc) is 2.38. The molecule has 102 valence electrons. The first-order valence-corrected chi connectivity index (χ1v) is 7.49. The third-order valence-corrected chi connectivity index (χ3v) is 5.09. The SMILES string of the molecule is CCC(C)CN(C)C1(CN)CCC(CC)CC1. The van der Waals surface area contributed by atoms with E-state index in [0.29, 0.717) is 5.54 Å². The summed E-state index contributed by atoms with van der Waals surface area (Å²) in [6.45, 7) is 8.98. The van der Waals surface area contributed by atoms with Gasteiger partial charge in [-0.15, -0.1) is 0 Å². The Kier molecular flexibility index (Phi) is 5.94. The molecule has 0 heterocycles. The Morgan fingerprint density at radius 1 is 1.29 bits per heavy atom. The van der Waals surface area contributed by atoms with Crippen LogP contribution in [-0.4, -0.2) is 30.6 Å². The molecule has 0 radical (unpaired) electrons. The number of hydrogen-bond acceptors (Lipinski definition) is 2. The minimum absolute atomic E-state index is 0.301.